The Morgan fingerprint density at radius 3 is 2.55 bits per heavy atom. The first-order valence-corrected chi connectivity index (χ1v) is 9.47. The third-order valence-corrected chi connectivity index (χ3v) is 4.03. The molecule has 0 bridgehead atoms. The van der Waals surface area contributed by atoms with Gasteiger partial charge in [0.05, 0.1) is 23.3 Å². The highest BCUT2D eigenvalue weighted by atomic mass is 16.6. The summed E-state index contributed by atoms with van der Waals surface area (Å²) in [6.45, 7) is 4.40. The van der Waals surface area contributed by atoms with Gasteiger partial charge in [-0.05, 0) is 43.7 Å². The van der Waals surface area contributed by atoms with Crippen LogP contribution in [-0.4, -0.2) is 29.8 Å². The molecule has 0 radical (unpaired) electrons. The minimum absolute atomic E-state index is 0.0909. The number of amides is 1. The van der Waals surface area contributed by atoms with Gasteiger partial charge in [0.2, 0.25) is 0 Å². The van der Waals surface area contributed by atoms with E-state index in [2.05, 4.69) is 17.5 Å². The highest BCUT2D eigenvalue weighted by Crippen LogP contribution is 2.19. The van der Waals surface area contributed by atoms with Crippen molar-refractivity contribution in [3.05, 3.63) is 64.2 Å². The Hall–Kier alpha value is -3.42. The summed E-state index contributed by atoms with van der Waals surface area (Å²) in [6.07, 6.45) is 3.72. The first-order chi connectivity index (χ1) is 14.0. The molecule has 154 valence electrons. The van der Waals surface area contributed by atoms with E-state index in [-0.39, 0.29) is 5.69 Å². The maximum absolute atomic E-state index is 12.1. The maximum atomic E-state index is 12.1. The number of para-hydroxylation sites is 1. The molecule has 0 spiro atoms. The van der Waals surface area contributed by atoms with Crippen LogP contribution in [0.3, 0.4) is 0 Å². The lowest BCUT2D eigenvalue weighted by molar-refractivity contribution is -0.385. The minimum Gasteiger partial charge on any atom is -0.494 e. The third-order valence-electron chi connectivity index (χ3n) is 4.03. The predicted molar refractivity (Wildman–Crippen MR) is 110 cm³/mol. The quantitative estimate of drug-likeness (QED) is 0.265. The van der Waals surface area contributed by atoms with Crippen molar-refractivity contribution in [3.63, 3.8) is 0 Å². The van der Waals surface area contributed by atoms with Crippen molar-refractivity contribution in [2.75, 3.05) is 6.61 Å². The Morgan fingerprint density at radius 1 is 1.17 bits per heavy atom. The van der Waals surface area contributed by atoms with Crippen molar-refractivity contribution in [1.29, 1.82) is 0 Å². The monoisotopic (exact) mass is 399 g/mol. The zero-order valence-corrected chi connectivity index (χ0v) is 16.5. The first kappa shape index (κ1) is 21.9. The summed E-state index contributed by atoms with van der Waals surface area (Å²) in [4.78, 5) is 22.6. The standard InChI is InChI=1S/C21H25N3O5/c1-3-4-7-14-28-18-10-12-19(13-11-18)29-16(2)21(25)23-22-15-17-8-5-6-9-20(17)24(26)27/h5-6,8-13,15-16H,3-4,7,14H2,1-2H3,(H,23,25)/b22-15+. The number of benzene rings is 2. The SMILES string of the molecule is CCCCCOc1ccc(OC(C)C(=O)N/N=C/c2ccccc2[N+](=O)[O-])cc1. The van der Waals surface area contributed by atoms with E-state index in [1.807, 2.05) is 0 Å². The number of nitro benzene ring substituents is 1. The Bertz CT molecular complexity index is 836. The van der Waals surface area contributed by atoms with Crippen molar-refractivity contribution in [3.8, 4) is 11.5 Å². The number of ether oxygens (including phenoxy) is 2. The number of carbonyl (C=O) groups excluding carboxylic acids is 1. The first-order valence-electron chi connectivity index (χ1n) is 9.47. The van der Waals surface area contributed by atoms with Crippen molar-refractivity contribution >= 4 is 17.8 Å². The van der Waals surface area contributed by atoms with Crippen LogP contribution in [0.5, 0.6) is 11.5 Å². The van der Waals surface area contributed by atoms with Gasteiger partial charge in [0, 0.05) is 6.07 Å². The number of nitrogens with one attached hydrogen (secondary N) is 1. The van der Waals surface area contributed by atoms with Crippen LogP contribution in [0.1, 0.15) is 38.7 Å². The molecular weight excluding hydrogens is 374 g/mol. The second-order valence-corrected chi connectivity index (χ2v) is 6.34. The number of nitro groups is 1. The van der Waals surface area contributed by atoms with Crippen molar-refractivity contribution in [1.82, 2.24) is 5.43 Å². The second kappa shape index (κ2) is 11.4. The molecule has 0 aliphatic heterocycles. The van der Waals surface area contributed by atoms with Crippen molar-refractivity contribution < 1.29 is 19.2 Å². The van der Waals surface area contributed by atoms with Gasteiger partial charge in [-0.1, -0.05) is 31.9 Å². The molecule has 0 saturated carbocycles. The molecule has 0 aliphatic rings. The van der Waals surface area contributed by atoms with Crippen molar-refractivity contribution in [2.24, 2.45) is 5.10 Å². The Labute approximate surface area is 169 Å². The zero-order chi connectivity index (χ0) is 21.1. The maximum Gasteiger partial charge on any atom is 0.280 e. The molecule has 2 rings (SSSR count). The van der Waals surface area contributed by atoms with Gasteiger partial charge in [0.25, 0.3) is 11.6 Å². The fourth-order valence-electron chi connectivity index (χ4n) is 2.43. The number of unbranched alkanes of at least 4 members (excludes halogenated alkanes) is 2. The molecule has 0 saturated heterocycles. The number of carbonyl (C=O) groups is 1. The van der Waals surface area contributed by atoms with E-state index in [9.17, 15) is 14.9 Å². The number of nitrogens with zero attached hydrogens (tertiary/aromatic N) is 2. The van der Waals surface area contributed by atoms with E-state index >= 15 is 0 Å². The lowest BCUT2D eigenvalue weighted by Crippen LogP contribution is -2.33. The lowest BCUT2D eigenvalue weighted by Gasteiger charge is -2.13. The van der Waals surface area contributed by atoms with Gasteiger partial charge in [-0.3, -0.25) is 14.9 Å². The average molecular weight is 399 g/mol. The van der Waals surface area contributed by atoms with E-state index in [1.54, 1.807) is 49.4 Å². The van der Waals surface area contributed by atoms with Crippen LogP contribution in [0.4, 0.5) is 5.69 Å². The van der Waals surface area contributed by atoms with Gasteiger partial charge in [-0.15, -0.1) is 0 Å². The van der Waals surface area contributed by atoms with Gasteiger partial charge in [-0.25, -0.2) is 5.43 Å². The Kier molecular flexibility index (Phi) is 8.62. The predicted octanol–water partition coefficient (Wildman–Crippen LogP) is 4.08. The van der Waals surface area contributed by atoms with E-state index in [0.717, 1.165) is 25.0 Å². The molecule has 0 aliphatic carbocycles. The highest BCUT2D eigenvalue weighted by Gasteiger charge is 2.15. The Balaban J connectivity index is 1.84. The summed E-state index contributed by atoms with van der Waals surface area (Å²) in [7, 11) is 0. The number of rotatable bonds is 11. The molecule has 0 fully saturated rings. The van der Waals surface area contributed by atoms with Gasteiger partial charge in [0.15, 0.2) is 6.10 Å². The number of hydrogen-bond acceptors (Lipinski definition) is 6. The molecule has 0 heterocycles. The topological polar surface area (TPSA) is 103 Å². The largest absolute Gasteiger partial charge is 0.494 e. The van der Waals surface area contributed by atoms with Gasteiger partial charge in [0.1, 0.15) is 11.5 Å². The van der Waals surface area contributed by atoms with Gasteiger partial charge >= 0.3 is 0 Å². The lowest BCUT2D eigenvalue weighted by atomic mass is 10.2. The summed E-state index contributed by atoms with van der Waals surface area (Å²) in [6, 6.07) is 13.2. The smallest absolute Gasteiger partial charge is 0.280 e. The van der Waals surface area contributed by atoms with Crippen LogP contribution < -0.4 is 14.9 Å². The van der Waals surface area contributed by atoms with Gasteiger partial charge < -0.3 is 9.47 Å². The molecule has 8 heteroatoms. The van der Waals surface area contributed by atoms with Crippen LogP contribution in [0.15, 0.2) is 53.6 Å². The molecule has 1 N–H and O–H groups in total. The minimum atomic E-state index is -0.797. The fraction of sp³-hybridized carbons (Fsp3) is 0.333. The molecule has 1 unspecified atom stereocenters. The summed E-state index contributed by atoms with van der Waals surface area (Å²) >= 11 is 0. The second-order valence-electron chi connectivity index (χ2n) is 6.34. The number of hydrogen-bond donors (Lipinski definition) is 1. The molecular formula is C21H25N3O5. The van der Waals surface area contributed by atoms with Crippen LogP contribution in [0.2, 0.25) is 0 Å². The van der Waals surface area contributed by atoms with Crippen molar-refractivity contribution in [2.45, 2.75) is 39.2 Å². The third kappa shape index (κ3) is 7.25. The van der Waals surface area contributed by atoms with Gasteiger partial charge in [-0.2, -0.15) is 5.10 Å². The molecule has 2 aromatic rings. The average Bonchev–Trinajstić information content (AvgIpc) is 2.72. The van der Waals surface area contributed by atoms with E-state index in [4.69, 9.17) is 9.47 Å². The van der Waals surface area contributed by atoms with E-state index < -0.39 is 16.9 Å². The van der Waals surface area contributed by atoms with Crippen LogP contribution in [0, 0.1) is 10.1 Å². The fourth-order valence-corrected chi connectivity index (χ4v) is 2.43. The Morgan fingerprint density at radius 2 is 1.86 bits per heavy atom. The molecule has 1 atom stereocenters. The highest BCUT2D eigenvalue weighted by molar-refractivity contribution is 5.87. The van der Waals surface area contributed by atoms with Crippen LogP contribution in [-0.2, 0) is 4.79 Å². The molecule has 0 aromatic heterocycles. The summed E-state index contributed by atoms with van der Waals surface area (Å²) < 4.78 is 11.2. The zero-order valence-electron chi connectivity index (χ0n) is 16.5. The van der Waals surface area contributed by atoms with Crippen LogP contribution >= 0.6 is 0 Å². The molecule has 1 amide bonds. The molecule has 29 heavy (non-hydrogen) atoms. The molecule has 8 nitrogen and oxygen atoms in total. The summed E-state index contributed by atoms with van der Waals surface area (Å²) in [5.41, 5.74) is 2.53. The van der Waals surface area contributed by atoms with E-state index in [1.165, 1.54) is 12.3 Å². The number of hydrazone groups is 1. The molecule has 2 aromatic carbocycles. The summed E-state index contributed by atoms with van der Waals surface area (Å²) in [5, 5.41) is 14.8. The van der Waals surface area contributed by atoms with E-state index in [0.29, 0.717) is 17.9 Å². The van der Waals surface area contributed by atoms with Crippen LogP contribution in [0.25, 0.3) is 0 Å². The summed E-state index contributed by atoms with van der Waals surface area (Å²) in [5.74, 6) is 0.801. The normalized spacial score (nSPS) is 11.8.